The van der Waals surface area contributed by atoms with Gasteiger partial charge < -0.3 is 10.4 Å². The van der Waals surface area contributed by atoms with Crippen LogP contribution in [0.4, 0.5) is 4.39 Å². The van der Waals surface area contributed by atoms with Crippen LogP contribution in [-0.4, -0.2) is 36.2 Å². The standard InChI is InChI=1S/C15H20BrFN2O.2ClH/c1-10(2)9-13(19-7-5-18-6-8-19)11-3-4-12(17)14(16)15(11)20;;/h3-4,13,18,20H,1,5-9H2,2H3;2*1H/t13-;;/m0../s1. The van der Waals surface area contributed by atoms with Gasteiger partial charge in [-0.2, -0.15) is 0 Å². The number of piperazine rings is 1. The third kappa shape index (κ3) is 5.10. The highest BCUT2D eigenvalue weighted by molar-refractivity contribution is 9.10. The van der Waals surface area contributed by atoms with Gasteiger partial charge in [0.2, 0.25) is 0 Å². The number of nitrogens with one attached hydrogen (secondary N) is 1. The van der Waals surface area contributed by atoms with Gasteiger partial charge in [-0.25, -0.2) is 4.39 Å². The van der Waals surface area contributed by atoms with Gasteiger partial charge in [0.25, 0.3) is 0 Å². The van der Waals surface area contributed by atoms with Gasteiger partial charge in [-0.3, -0.25) is 4.90 Å². The Hall–Kier alpha value is -0.330. The monoisotopic (exact) mass is 414 g/mol. The SMILES string of the molecule is C=C(C)C[C@@H](c1ccc(F)c(Br)c1O)N1CCNCC1.Cl.Cl. The molecule has 2 rings (SSSR count). The summed E-state index contributed by atoms with van der Waals surface area (Å²) in [5.74, 6) is -0.449. The molecule has 3 nitrogen and oxygen atoms in total. The number of phenols is 1. The zero-order valence-corrected chi connectivity index (χ0v) is 15.7. The molecule has 0 unspecified atom stereocenters. The van der Waals surface area contributed by atoms with Gasteiger partial charge in [-0.05, 0) is 35.3 Å². The normalized spacial score (nSPS) is 16.3. The zero-order chi connectivity index (χ0) is 14.7. The highest BCUT2D eigenvalue weighted by Crippen LogP contribution is 2.38. The molecule has 7 heteroatoms. The van der Waals surface area contributed by atoms with Crippen LogP contribution in [0.15, 0.2) is 28.8 Å². The minimum Gasteiger partial charge on any atom is -0.506 e. The van der Waals surface area contributed by atoms with Gasteiger partial charge in [0, 0.05) is 37.8 Å². The molecule has 0 amide bonds. The predicted molar refractivity (Wildman–Crippen MR) is 96.9 cm³/mol. The van der Waals surface area contributed by atoms with Crippen LogP contribution in [-0.2, 0) is 0 Å². The van der Waals surface area contributed by atoms with Crippen molar-refractivity contribution < 1.29 is 9.50 Å². The summed E-state index contributed by atoms with van der Waals surface area (Å²) in [7, 11) is 0. The van der Waals surface area contributed by atoms with Crippen LogP contribution in [0.3, 0.4) is 0 Å². The van der Waals surface area contributed by atoms with E-state index in [0.717, 1.165) is 43.7 Å². The number of phenolic OH excluding ortho intramolecular Hbond substituents is 1. The van der Waals surface area contributed by atoms with E-state index >= 15 is 0 Å². The summed E-state index contributed by atoms with van der Waals surface area (Å²) in [4.78, 5) is 2.31. The highest BCUT2D eigenvalue weighted by Gasteiger charge is 2.26. The third-order valence-corrected chi connectivity index (χ3v) is 4.35. The number of aromatic hydroxyl groups is 1. The Labute approximate surface area is 151 Å². The van der Waals surface area contributed by atoms with Gasteiger partial charge in [0.1, 0.15) is 11.6 Å². The number of rotatable bonds is 4. The minimum absolute atomic E-state index is 0. The van der Waals surface area contributed by atoms with Crippen LogP contribution in [0, 0.1) is 5.82 Å². The summed E-state index contributed by atoms with van der Waals surface area (Å²) in [6.45, 7) is 9.62. The van der Waals surface area contributed by atoms with Crippen molar-refractivity contribution in [2.75, 3.05) is 26.2 Å². The Bertz CT molecular complexity index is 511. The van der Waals surface area contributed by atoms with Crippen LogP contribution >= 0.6 is 40.7 Å². The molecule has 0 aliphatic carbocycles. The molecule has 1 atom stereocenters. The summed E-state index contributed by atoms with van der Waals surface area (Å²) >= 11 is 3.11. The van der Waals surface area contributed by atoms with E-state index in [2.05, 4.69) is 32.7 Å². The molecule has 1 saturated heterocycles. The lowest BCUT2D eigenvalue weighted by Gasteiger charge is -2.35. The van der Waals surface area contributed by atoms with Crippen LogP contribution < -0.4 is 5.32 Å². The molecule has 0 aromatic heterocycles. The van der Waals surface area contributed by atoms with Crippen LogP contribution in [0.5, 0.6) is 5.75 Å². The van der Waals surface area contributed by atoms with E-state index in [9.17, 15) is 9.50 Å². The van der Waals surface area contributed by atoms with E-state index in [4.69, 9.17) is 0 Å². The molecule has 126 valence electrons. The van der Waals surface area contributed by atoms with E-state index in [1.54, 1.807) is 6.07 Å². The first-order valence-corrected chi connectivity index (χ1v) is 7.56. The largest absolute Gasteiger partial charge is 0.506 e. The Morgan fingerprint density at radius 1 is 1.41 bits per heavy atom. The molecule has 1 heterocycles. The number of benzene rings is 1. The second-order valence-corrected chi connectivity index (χ2v) is 6.06. The third-order valence-electron chi connectivity index (χ3n) is 3.59. The summed E-state index contributed by atoms with van der Waals surface area (Å²) in [6.07, 6.45) is 0.756. The van der Waals surface area contributed by atoms with Gasteiger partial charge in [0.15, 0.2) is 0 Å². The van der Waals surface area contributed by atoms with Crippen LogP contribution in [0.25, 0.3) is 0 Å². The van der Waals surface area contributed by atoms with E-state index in [-0.39, 0.29) is 41.1 Å². The molecule has 1 aliphatic rings. The Kier molecular flexibility index (Phi) is 9.58. The second kappa shape index (κ2) is 9.73. The molecule has 22 heavy (non-hydrogen) atoms. The van der Waals surface area contributed by atoms with Crippen molar-refractivity contribution in [3.8, 4) is 5.75 Å². The molecule has 1 aromatic carbocycles. The molecular weight excluding hydrogens is 394 g/mol. The summed E-state index contributed by atoms with van der Waals surface area (Å²) in [5.41, 5.74) is 1.80. The number of hydrogen-bond donors (Lipinski definition) is 2. The molecule has 0 spiro atoms. The van der Waals surface area contributed by atoms with Crippen molar-refractivity contribution >= 4 is 40.7 Å². The van der Waals surface area contributed by atoms with Crippen molar-refractivity contribution in [3.63, 3.8) is 0 Å². The van der Waals surface area contributed by atoms with E-state index in [1.165, 1.54) is 6.07 Å². The summed E-state index contributed by atoms with van der Waals surface area (Å²) in [5, 5.41) is 13.5. The second-order valence-electron chi connectivity index (χ2n) is 5.26. The number of hydrogen-bond acceptors (Lipinski definition) is 3. The maximum Gasteiger partial charge on any atom is 0.141 e. The van der Waals surface area contributed by atoms with Crippen molar-refractivity contribution in [3.05, 3.63) is 40.1 Å². The lowest BCUT2D eigenvalue weighted by Crippen LogP contribution is -2.45. The molecule has 1 aromatic rings. The molecule has 1 aliphatic heterocycles. The van der Waals surface area contributed by atoms with Crippen LogP contribution in [0.2, 0.25) is 0 Å². The Morgan fingerprint density at radius 2 is 2.00 bits per heavy atom. The highest BCUT2D eigenvalue weighted by atomic mass is 79.9. The maximum absolute atomic E-state index is 13.5. The number of nitrogens with zero attached hydrogens (tertiary/aromatic N) is 1. The van der Waals surface area contributed by atoms with Crippen molar-refractivity contribution in [1.29, 1.82) is 0 Å². The predicted octanol–water partition coefficient (Wildman–Crippen LogP) is 4.05. The molecular formula is C15H22BrCl2FN2O. The summed E-state index contributed by atoms with van der Waals surface area (Å²) in [6, 6.07) is 3.10. The quantitative estimate of drug-likeness (QED) is 0.728. The molecule has 1 fully saturated rings. The van der Waals surface area contributed by atoms with Crippen molar-refractivity contribution in [2.45, 2.75) is 19.4 Å². The van der Waals surface area contributed by atoms with E-state index in [1.807, 2.05) is 6.92 Å². The fraction of sp³-hybridized carbons (Fsp3) is 0.467. The van der Waals surface area contributed by atoms with Crippen molar-refractivity contribution in [1.82, 2.24) is 10.2 Å². The molecule has 0 bridgehead atoms. The topological polar surface area (TPSA) is 35.5 Å². The fourth-order valence-corrected chi connectivity index (χ4v) is 2.94. The molecule has 0 radical (unpaired) electrons. The molecule has 0 saturated carbocycles. The smallest absolute Gasteiger partial charge is 0.141 e. The fourth-order valence-electron chi connectivity index (χ4n) is 2.58. The van der Waals surface area contributed by atoms with Crippen LogP contribution in [0.1, 0.15) is 24.9 Å². The number of halogens is 4. The first kappa shape index (κ1) is 21.7. The average Bonchev–Trinajstić information content (AvgIpc) is 2.44. The van der Waals surface area contributed by atoms with E-state index < -0.39 is 5.82 Å². The molecule has 2 N–H and O–H groups in total. The van der Waals surface area contributed by atoms with Crippen molar-refractivity contribution in [2.24, 2.45) is 0 Å². The Balaban J connectivity index is 0.00000220. The maximum atomic E-state index is 13.5. The first-order chi connectivity index (χ1) is 9.50. The Morgan fingerprint density at radius 3 is 2.55 bits per heavy atom. The van der Waals surface area contributed by atoms with Gasteiger partial charge >= 0.3 is 0 Å². The summed E-state index contributed by atoms with van der Waals surface area (Å²) < 4.78 is 13.6. The minimum atomic E-state index is -0.444. The lowest BCUT2D eigenvalue weighted by atomic mass is 9.97. The van der Waals surface area contributed by atoms with Gasteiger partial charge in [-0.1, -0.05) is 11.6 Å². The average molecular weight is 416 g/mol. The first-order valence-electron chi connectivity index (χ1n) is 6.76. The zero-order valence-electron chi connectivity index (χ0n) is 12.4. The van der Waals surface area contributed by atoms with E-state index in [0.29, 0.717) is 0 Å². The lowest BCUT2D eigenvalue weighted by molar-refractivity contribution is 0.169. The van der Waals surface area contributed by atoms with Gasteiger partial charge in [0.05, 0.1) is 4.47 Å². The van der Waals surface area contributed by atoms with Gasteiger partial charge in [-0.15, -0.1) is 31.4 Å².